The van der Waals surface area contributed by atoms with Gasteiger partial charge < -0.3 is 0 Å². The van der Waals surface area contributed by atoms with E-state index in [1.54, 1.807) is 0 Å². The maximum Gasteiger partial charge on any atom is 0.0352 e. The minimum Gasteiger partial charge on any atom is -0.264 e. The molecule has 84 valence electrons. The number of rotatable bonds is 1. The van der Waals surface area contributed by atoms with Crippen LogP contribution in [0.4, 0.5) is 0 Å². The van der Waals surface area contributed by atoms with Crippen molar-refractivity contribution in [3.63, 3.8) is 0 Å². The van der Waals surface area contributed by atoms with Crippen molar-refractivity contribution in [2.75, 3.05) is 0 Å². The Hall–Kier alpha value is -1.89. The van der Waals surface area contributed by atoms with E-state index in [4.69, 9.17) is 0 Å². The molecule has 0 radical (unpaired) electrons. The number of hydrogen-bond acceptors (Lipinski definition) is 1. The highest BCUT2D eigenvalue weighted by atomic mass is 14.6. The minimum absolute atomic E-state index is 0.557. The van der Waals surface area contributed by atoms with Crippen molar-refractivity contribution < 1.29 is 0 Å². The van der Waals surface area contributed by atoms with Crippen LogP contribution in [0.1, 0.15) is 25.3 Å². The normalized spacial score (nSPS) is 11.5. The zero-order valence-corrected chi connectivity index (χ0v) is 10.1. The van der Waals surface area contributed by atoms with Crippen LogP contribution in [-0.4, -0.2) is 4.98 Å². The molecule has 0 N–H and O–H groups in total. The van der Waals surface area contributed by atoms with E-state index in [2.05, 4.69) is 55.2 Å². The molecule has 1 heterocycles. The number of pyridine rings is 1. The van der Waals surface area contributed by atoms with Crippen LogP contribution >= 0.6 is 0 Å². The van der Waals surface area contributed by atoms with E-state index >= 15 is 0 Å². The highest BCUT2D eigenvalue weighted by molar-refractivity contribution is 6.01. The Morgan fingerprint density at radius 3 is 2.76 bits per heavy atom. The number of aromatic nitrogens is 1. The van der Waals surface area contributed by atoms with Crippen LogP contribution in [0.2, 0.25) is 0 Å². The zero-order valence-electron chi connectivity index (χ0n) is 10.1. The molecule has 0 amide bonds. The Morgan fingerprint density at radius 1 is 1.06 bits per heavy atom. The molecular formula is C16H15N. The van der Waals surface area contributed by atoms with Gasteiger partial charge in [0, 0.05) is 17.8 Å². The van der Waals surface area contributed by atoms with Gasteiger partial charge in [0.15, 0.2) is 0 Å². The van der Waals surface area contributed by atoms with Crippen molar-refractivity contribution in [2.45, 2.75) is 19.8 Å². The summed E-state index contributed by atoms with van der Waals surface area (Å²) < 4.78 is 0. The highest BCUT2D eigenvalue weighted by Crippen LogP contribution is 2.34. The number of hydrogen-bond donors (Lipinski definition) is 0. The zero-order chi connectivity index (χ0) is 11.8. The fourth-order valence-electron chi connectivity index (χ4n) is 2.30. The van der Waals surface area contributed by atoms with Gasteiger partial charge in [-0.05, 0) is 40.1 Å². The third-order valence-electron chi connectivity index (χ3n) is 3.31. The summed E-state index contributed by atoms with van der Waals surface area (Å²) in [6, 6.07) is 13.1. The van der Waals surface area contributed by atoms with Gasteiger partial charge in [-0.3, -0.25) is 4.98 Å². The molecule has 1 nitrogen and oxygen atoms in total. The standard InChI is InChI=1S/C16H15N/c1-11(2)12-4-3-5-15-14(8-12)9-13-6-7-17-10-16(13)15/h3-11H,1-2H3. The summed E-state index contributed by atoms with van der Waals surface area (Å²) in [5.41, 5.74) is 3.98. The van der Waals surface area contributed by atoms with E-state index in [0.717, 1.165) is 0 Å². The second kappa shape index (κ2) is 3.85. The lowest BCUT2D eigenvalue weighted by Crippen LogP contribution is -1.82. The van der Waals surface area contributed by atoms with Crippen molar-refractivity contribution in [3.05, 3.63) is 54.4 Å². The SMILES string of the molecule is CC(C)c1cccc2c3cnccc3cc-2c1. The van der Waals surface area contributed by atoms with E-state index in [-0.39, 0.29) is 0 Å². The average molecular weight is 221 g/mol. The van der Waals surface area contributed by atoms with Gasteiger partial charge in [0.25, 0.3) is 0 Å². The number of nitrogens with zero attached hydrogens (tertiary/aromatic N) is 1. The van der Waals surface area contributed by atoms with Gasteiger partial charge >= 0.3 is 0 Å². The number of fused-ring (bicyclic) bond motifs is 3. The second-order valence-electron chi connectivity index (χ2n) is 4.80. The summed E-state index contributed by atoms with van der Waals surface area (Å²) >= 11 is 0. The average Bonchev–Trinajstić information content (AvgIpc) is 2.53. The van der Waals surface area contributed by atoms with E-state index in [1.165, 1.54) is 27.5 Å². The minimum atomic E-state index is 0.557. The van der Waals surface area contributed by atoms with Crippen molar-refractivity contribution in [1.29, 1.82) is 0 Å². The fraction of sp³-hybridized carbons (Fsp3) is 0.188. The molecule has 2 aliphatic rings. The quantitative estimate of drug-likeness (QED) is 0.591. The van der Waals surface area contributed by atoms with Gasteiger partial charge in [0.05, 0.1) is 0 Å². The van der Waals surface area contributed by atoms with E-state index in [1.807, 2.05) is 12.4 Å². The molecule has 2 aliphatic carbocycles. The Kier molecular flexibility index (Phi) is 2.32. The maximum atomic E-state index is 4.21. The van der Waals surface area contributed by atoms with Crippen LogP contribution in [0.15, 0.2) is 48.8 Å². The monoisotopic (exact) mass is 221 g/mol. The Balaban J connectivity index is 2.34. The molecule has 3 rings (SSSR count). The Morgan fingerprint density at radius 2 is 1.94 bits per heavy atom. The topological polar surface area (TPSA) is 12.9 Å². The van der Waals surface area contributed by atoms with Gasteiger partial charge in [-0.2, -0.15) is 0 Å². The molecule has 0 spiro atoms. The molecule has 17 heavy (non-hydrogen) atoms. The van der Waals surface area contributed by atoms with Crippen molar-refractivity contribution >= 4 is 10.8 Å². The van der Waals surface area contributed by atoms with Crippen LogP contribution in [0.25, 0.3) is 21.9 Å². The lowest BCUT2D eigenvalue weighted by molar-refractivity contribution is 0.869. The molecule has 0 aromatic carbocycles. The molecule has 1 aromatic heterocycles. The van der Waals surface area contributed by atoms with Crippen LogP contribution in [0.5, 0.6) is 0 Å². The first-order valence-corrected chi connectivity index (χ1v) is 6.02. The van der Waals surface area contributed by atoms with Crippen LogP contribution < -0.4 is 0 Å². The largest absolute Gasteiger partial charge is 0.264 e. The van der Waals surface area contributed by atoms with E-state index in [0.29, 0.717) is 5.92 Å². The van der Waals surface area contributed by atoms with Gasteiger partial charge in [0.2, 0.25) is 0 Å². The van der Waals surface area contributed by atoms with E-state index in [9.17, 15) is 0 Å². The smallest absolute Gasteiger partial charge is 0.0352 e. The summed E-state index contributed by atoms with van der Waals surface area (Å²) in [6.07, 6.45) is 3.80. The van der Waals surface area contributed by atoms with Gasteiger partial charge in [-0.15, -0.1) is 0 Å². The summed E-state index contributed by atoms with van der Waals surface area (Å²) in [6.45, 7) is 4.46. The molecule has 0 bridgehead atoms. The highest BCUT2D eigenvalue weighted by Gasteiger charge is 2.09. The first kappa shape index (κ1) is 10.3. The Bertz CT molecular complexity index is 640. The van der Waals surface area contributed by atoms with Crippen LogP contribution in [-0.2, 0) is 0 Å². The van der Waals surface area contributed by atoms with Crippen LogP contribution in [0, 0.1) is 0 Å². The maximum absolute atomic E-state index is 4.21. The Labute approximate surface area is 101 Å². The molecular weight excluding hydrogens is 206 g/mol. The third-order valence-corrected chi connectivity index (χ3v) is 3.31. The predicted octanol–water partition coefficient (Wildman–Crippen LogP) is 4.46. The van der Waals surface area contributed by atoms with Crippen LogP contribution in [0.3, 0.4) is 0 Å². The van der Waals surface area contributed by atoms with Gasteiger partial charge in [-0.1, -0.05) is 38.1 Å². The van der Waals surface area contributed by atoms with Crippen molar-refractivity contribution in [1.82, 2.24) is 4.98 Å². The van der Waals surface area contributed by atoms with Crippen molar-refractivity contribution in [3.8, 4) is 11.1 Å². The lowest BCUT2D eigenvalue weighted by Gasteiger charge is -2.01. The predicted molar refractivity (Wildman–Crippen MR) is 72.5 cm³/mol. The summed E-state index contributed by atoms with van der Waals surface area (Å²) in [7, 11) is 0. The molecule has 1 heteroatoms. The molecule has 0 unspecified atom stereocenters. The summed E-state index contributed by atoms with van der Waals surface area (Å²) in [5.74, 6) is 0.557. The van der Waals surface area contributed by atoms with E-state index < -0.39 is 0 Å². The van der Waals surface area contributed by atoms with Gasteiger partial charge in [0.1, 0.15) is 0 Å². The summed E-state index contributed by atoms with van der Waals surface area (Å²) in [5, 5.41) is 2.52. The third kappa shape index (κ3) is 1.68. The molecule has 0 saturated heterocycles. The fourth-order valence-corrected chi connectivity index (χ4v) is 2.30. The summed E-state index contributed by atoms with van der Waals surface area (Å²) in [4.78, 5) is 4.21. The van der Waals surface area contributed by atoms with Crippen molar-refractivity contribution in [2.24, 2.45) is 0 Å². The molecule has 0 aliphatic heterocycles. The second-order valence-corrected chi connectivity index (χ2v) is 4.80. The molecule has 0 saturated carbocycles. The first-order chi connectivity index (χ1) is 8.25. The van der Waals surface area contributed by atoms with Gasteiger partial charge in [-0.25, -0.2) is 0 Å². The first-order valence-electron chi connectivity index (χ1n) is 6.02. The molecule has 0 fully saturated rings. The molecule has 1 aromatic rings. The molecule has 0 atom stereocenters. The lowest BCUT2D eigenvalue weighted by atomic mass is 10.0.